The van der Waals surface area contributed by atoms with Crippen LogP contribution in [0, 0.1) is 17.1 Å². The third kappa shape index (κ3) is 2.40. The molecule has 1 spiro atoms. The third-order valence-electron chi connectivity index (χ3n) is 4.51. The quantitative estimate of drug-likeness (QED) is 0.770. The van der Waals surface area contributed by atoms with Crippen LogP contribution in [0.15, 0.2) is 30.0 Å². The van der Waals surface area contributed by atoms with E-state index >= 15 is 0 Å². The van der Waals surface area contributed by atoms with Crippen LogP contribution < -0.4 is 4.90 Å². The number of rotatable bonds is 2. The first-order valence-corrected chi connectivity index (χ1v) is 8.47. The van der Waals surface area contributed by atoms with Crippen LogP contribution in [0.5, 0.6) is 0 Å². The number of nitriles is 1. The number of halogens is 1. The molecule has 0 aromatic heterocycles. The van der Waals surface area contributed by atoms with E-state index in [1.54, 1.807) is 13.8 Å². The highest BCUT2D eigenvalue weighted by Gasteiger charge is 2.65. The summed E-state index contributed by atoms with van der Waals surface area (Å²) in [6, 6.07) is 5.43. The second-order valence-corrected chi connectivity index (χ2v) is 5.94. The van der Waals surface area contributed by atoms with E-state index in [9.17, 15) is 24.0 Å². The molecule has 0 fully saturated rings. The standard InChI is InChI=1S/C18H17FN4O5/c1-4-27-16(25)22-10-11(9-20)18(23(22)17(26)28-5-2)13-8-12(19)6-7-14(13)21(3)15(18)24/h6-8,10H,4-5H2,1-3H3/t18-/m0/s1. The van der Waals surface area contributed by atoms with Gasteiger partial charge in [0.05, 0.1) is 36.7 Å². The lowest BCUT2D eigenvalue weighted by Gasteiger charge is -2.36. The first-order valence-electron chi connectivity index (χ1n) is 8.47. The van der Waals surface area contributed by atoms with E-state index in [1.165, 1.54) is 18.0 Å². The summed E-state index contributed by atoms with van der Waals surface area (Å²) in [6.45, 7) is 3.05. The summed E-state index contributed by atoms with van der Waals surface area (Å²) >= 11 is 0. The minimum atomic E-state index is -2.07. The van der Waals surface area contributed by atoms with Gasteiger partial charge in [0, 0.05) is 12.6 Å². The Bertz CT molecular complexity index is 940. The van der Waals surface area contributed by atoms with E-state index in [-0.39, 0.29) is 24.4 Å². The summed E-state index contributed by atoms with van der Waals surface area (Å²) in [5.74, 6) is -1.38. The van der Waals surface area contributed by atoms with Gasteiger partial charge in [-0.05, 0) is 32.0 Å². The first-order chi connectivity index (χ1) is 13.3. The van der Waals surface area contributed by atoms with Crippen molar-refractivity contribution >= 4 is 23.8 Å². The van der Waals surface area contributed by atoms with Crippen molar-refractivity contribution in [3.63, 3.8) is 0 Å². The van der Waals surface area contributed by atoms with Gasteiger partial charge >= 0.3 is 12.2 Å². The first kappa shape index (κ1) is 19.2. The van der Waals surface area contributed by atoms with Gasteiger partial charge in [0.15, 0.2) is 0 Å². The number of carbonyl (C=O) groups excluding carboxylic acids is 3. The molecular weight excluding hydrogens is 371 g/mol. The van der Waals surface area contributed by atoms with Crippen molar-refractivity contribution in [2.24, 2.45) is 0 Å². The molecule has 0 unspecified atom stereocenters. The molecule has 0 radical (unpaired) electrons. The van der Waals surface area contributed by atoms with Crippen LogP contribution in [0.1, 0.15) is 19.4 Å². The third-order valence-corrected chi connectivity index (χ3v) is 4.51. The van der Waals surface area contributed by atoms with E-state index < -0.39 is 29.4 Å². The number of anilines is 1. The van der Waals surface area contributed by atoms with Crippen molar-refractivity contribution in [2.75, 3.05) is 25.2 Å². The van der Waals surface area contributed by atoms with E-state index in [0.29, 0.717) is 15.7 Å². The van der Waals surface area contributed by atoms with Gasteiger partial charge in [0.1, 0.15) is 5.82 Å². The molecule has 0 N–H and O–H groups in total. The van der Waals surface area contributed by atoms with Crippen molar-refractivity contribution in [1.82, 2.24) is 10.0 Å². The van der Waals surface area contributed by atoms with Gasteiger partial charge in [0.2, 0.25) is 5.54 Å². The van der Waals surface area contributed by atoms with Crippen molar-refractivity contribution in [2.45, 2.75) is 19.4 Å². The average molecular weight is 388 g/mol. The van der Waals surface area contributed by atoms with Crippen LogP contribution in [-0.2, 0) is 19.8 Å². The lowest BCUT2D eigenvalue weighted by Crippen LogP contribution is -2.58. The smallest absolute Gasteiger partial charge is 0.433 e. The number of ether oxygens (including phenoxy) is 2. The highest BCUT2D eigenvalue weighted by molar-refractivity contribution is 6.12. The number of hydrogen-bond acceptors (Lipinski definition) is 6. The summed E-state index contributed by atoms with van der Waals surface area (Å²) in [5, 5.41) is 11.1. The Kier molecular flexibility index (Phi) is 4.68. The predicted molar refractivity (Wildman–Crippen MR) is 92.9 cm³/mol. The van der Waals surface area contributed by atoms with E-state index in [2.05, 4.69) is 0 Å². The molecule has 2 aliphatic heterocycles. The lowest BCUT2D eigenvalue weighted by atomic mass is 9.85. The Labute approximate surface area is 160 Å². The normalized spacial score (nSPS) is 20.2. The maximum atomic E-state index is 14.1. The fraction of sp³-hybridized carbons (Fsp3) is 0.333. The van der Waals surface area contributed by atoms with Gasteiger partial charge in [-0.15, -0.1) is 0 Å². The van der Waals surface area contributed by atoms with Gasteiger partial charge in [-0.3, -0.25) is 4.79 Å². The summed E-state index contributed by atoms with van der Waals surface area (Å²) < 4.78 is 24.0. The van der Waals surface area contributed by atoms with Gasteiger partial charge in [0.25, 0.3) is 5.91 Å². The maximum Gasteiger partial charge on any atom is 0.433 e. The molecule has 9 nitrogen and oxygen atoms in total. The van der Waals surface area contributed by atoms with Crippen molar-refractivity contribution in [3.8, 4) is 6.07 Å². The molecule has 3 amide bonds. The molecule has 0 aliphatic carbocycles. The molecule has 28 heavy (non-hydrogen) atoms. The van der Waals surface area contributed by atoms with Gasteiger partial charge in [-0.1, -0.05) is 0 Å². The number of fused-ring (bicyclic) bond motifs is 2. The largest absolute Gasteiger partial charge is 0.448 e. The Morgan fingerprint density at radius 3 is 2.46 bits per heavy atom. The molecule has 2 aliphatic rings. The van der Waals surface area contributed by atoms with E-state index in [4.69, 9.17) is 9.47 Å². The monoisotopic (exact) mass is 388 g/mol. The van der Waals surface area contributed by atoms with Crippen LogP contribution in [0.2, 0.25) is 0 Å². The molecule has 2 heterocycles. The Morgan fingerprint density at radius 2 is 1.86 bits per heavy atom. The fourth-order valence-corrected chi connectivity index (χ4v) is 3.42. The molecule has 3 rings (SSSR count). The highest BCUT2D eigenvalue weighted by atomic mass is 19.1. The topological polar surface area (TPSA) is 103 Å². The number of benzene rings is 1. The summed E-state index contributed by atoms with van der Waals surface area (Å²) in [6.07, 6.45) is -1.02. The molecule has 10 heteroatoms. The van der Waals surface area contributed by atoms with E-state index in [1.807, 2.05) is 6.07 Å². The zero-order valence-electron chi connectivity index (χ0n) is 15.4. The highest BCUT2D eigenvalue weighted by Crippen LogP contribution is 2.52. The van der Waals surface area contributed by atoms with Crippen molar-refractivity contribution in [3.05, 3.63) is 41.4 Å². The fourth-order valence-electron chi connectivity index (χ4n) is 3.42. The van der Waals surface area contributed by atoms with Crippen LogP contribution in [0.3, 0.4) is 0 Å². The molecule has 1 aromatic carbocycles. The number of carbonyl (C=O) groups is 3. The zero-order valence-corrected chi connectivity index (χ0v) is 15.4. The van der Waals surface area contributed by atoms with Crippen molar-refractivity contribution in [1.29, 1.82) is 5.26 Å². The second-order valence-electron chi connectivity index (χ2n) is 5.94. The maximum absolute atomic E-state index is 14.1. The number of amides is 3. The molecule has 146 valence electrons. The number of hydrazine groups is 1. The second kappa shape index (κ2) is 6.84. The van der Waals surface area contributed by atoms with Crippen LogP contribution in [0.25, 0.3) is 0 Å². The average Bonchev–Trinajstić information content (AvgIpc) is 3.12. The lowest BCUT2D eigenvalue weighted by molar-refractivity contribution is -0.131. The van der Waals surface area contributed by atoms with Gasteiger partial charge in [-0.2, -0.15) is 15.3 Å². The number of hydrogen-bond donors (Lipinski definition) is 0. The summed E-state index contributed by atoms with van der Waals surface area (Å²) in [7, 11) is 1.43. The minimum absolute atomic E-state index is 0.00616. The molecular formula is C18H17FN4O5. The molecule has 0 saturated heterocycles. The Morgan fingerprint density at radius 1 is 1.21 bits per heavy atom. The summed E-state index contributed by atoms with van der Waals surface area (Å²) in [5.41, 5.74) is -1.96. The van der Waals surface area contributed by atoms with Gasteiger partial charge < -0.3 is 14.4 Å². The molecule has 0 saturated carbocycles. The predicted octanol–water partition coefficient (Wildman–Crippen LogP) is 2.25. The summed E-state index contributed by atoms with van der Waals surface area (Å²) in [4.78, 5) is 39.7. The number of likely N-dealkylation sites (N-methyl/N-ethyl adjacent to an activating group) is 1. The minimum Gasteiger partial charge on any atom is -0.448 e. The van der Waals surface area contributed by atoms with Crippen molar-refractivity contribution < 1.29 is 28.2 Å². The van der Waals surface area contributed by atoms with Gasteiger partial charge in [-0.25, -0.2) is 14.0 Å². The number of nitrogens with zero attached hydrogens (tertiary/aromatic N) is 4. The molecule has 1 atom stereocenters. The van der Waals surface area contributed by atoms with E-state index in [0.717, 1.165) is 18.3 Å². The van der Waals surface area contributed by atoms with Crippen LogP contribution >= 0.6 is 0 Å². The Hall–Kier alpha value is -3.61. The molecule has 1 aromatic rings. The molecule has 0 bridgehead atoms. The SMILES string of the molecule is CCOC(=O)N1C=C(C#N)[C@]2(C(=O)N(C)c3ccc(F)cc32)N1C(=O)OCC. The zero-order chi connectivity index (χ0) is 20.6. The van der Waals surface area contributed by atoms with Crippen LogP contribution in [-0.4, -0.2) is 48.4 Å². The Balaban J connectivity index is 2.30. The van der Waals surface area contributed by atoms with Crippen LogP contribution in [0.4, 0.5) is 19.7 Å².